The number of thioether (sulfide) groups is 1. The highest BCUT2D eigenvalue weighted by molar-refractivity contribution is 7.99. The van der Waals surface area contributed by atoms with Crippen molar-refractivity contribution in [3.8, 4) is 5.75 Å². The zero-order valence-electron chi connectivity index (χ0n) is 9.78. The molecule has 3 heteroatoms. The van der Waals surface area contributed by atoms with Crippen molar-refractivity contribution in [1.29, 1.82) is 0 Å². The van der Waals surface area contributed by atoms with Gasteiger partial charge < -0.3 is 10.2 Å². The minimum Gasteiger partial charge on any atom is -0.507 e. The number of aromatic hydroxyl groups is 1. The maximum atomic E-state index is 9.94. The Labute approximate surface area is 102 Å². The summed E-state index contributed by atoms with van der Waals surface area (Å²) in [5, 5.41) is 18.6. The average Bonchev–Trinajstić information content (AvgIpc) is 2.31. The molecule has 0 aliphatic heterocycles. The molecule has 16 heavy (non-hydrogen) atoms. The summed E-state index contributed by atoms with van der Waals surface area (Å²) in [4.78, 5) is 0. The van der Waals surface area contributed by atoms with Gasteiger partial charge in [-0.3, -0.25) is 0 Å². The van der Waals surface area contributed by atoms with Crippen LogP contribution in [0.25, 0.3) is 0 Å². The lowest BCUT2D eigenvalue weighted by Crippen LogP contribution is -1.93. The van der Waals surface area contributed by atoms with Crippen LogP contribution in [0, 0.1) is 0 Å². The molecule has 0 radical (unpaired) electrons. The van der Waals surface area contributed by atoms with Crippen molar-refractivity contribution in [2.75, 3.05) is 18.1 Å². The molecule has 0 aromatic heterocycles. The molecule has 0 saturated heterocycles. The lowest BCUT2D eigenvalue weighted by Gasteiger charge is -2.08. The van der Waals surface area contributed by atoms with Gasteiger partial charge in [0, 0.05) is 5.75 Å². The van der Waals surface area contributed by atoms with E-state index in [0.29, 0.717) is 5.75 Å². The van der Waals surface area contributed by atoms with Crippen LogP contribution in [-0.4, -0.2) is 28.3 Å². The van der Waals surface area contributed by atoms with E-state index in [4.69, 9.17) is 5.11 Å². The number of hydrogen-bond acceptors (Lipinski definition) is 3. The number of aliphatic hydroxyl groups excluding tert-OH is 1. The van der Waals surface area contributed by atoms with E-state index in [0.717, 1.165) is 41.9 Å². The summed E-state index contributed by atoms with van der Waals surface area (Å²) in [5.74, 6) is 2.31. The Balaban J connectivity index is 2.41. The Morgan fingerprint density at radius 3 is 2.62 bits per heavy atom. The lowest BCUT2D eigenvalue weighted by atomic mass is 10.0. The predicted molar refractivity (Wildman–Crippen MR) is 70.2 cm³/mol. The average molecular weight is 240 g/mol. The Hall–Kier alpha value is -0.670. The highest BCUT2D eigenvalue weighted by atomic mass is 32.2. The number of para-hydroxylation sites is 1. The van der Waals surface area contributed by atoms with Crippen molar-refractivity contribution in [2.45, 2.75) is 26.2 Å². The molecule has 0 saturated carbocycles. The number of aryl methyl sites for hydroxylation is 2. The number of phenols is 1. The summed E-state index contributed by atoms with van der Waals surface area (Å²) in [7, 11) is 0. The Kier molecular flexibility index (Phi) is 6.34. The Bertz CT molecular complexity index is 313. The zero-order chi connectivity index (χ0) is 11.8. The molecule has 1 rings (SSSR count). The summed E-state index contributed by atoms with van der Waals surface area (Å²) < 4.78 is 0. The monoisotopic (exact) mass is 240 g/mol. The van der Waals surface area contributed by atoms with Crippen molar-refractivity contribution >= 4 is 11.8 Å². The van der Waals surface area contributed by atoms with Crippen molar-refractivity contribution in [3.05, 3.63) is 29.3 Å². The van der Waals surface area contributed by atoms with Crippen molar-refractivity contribution < 1.29 is 10.2 Å². The van der Waals surface area contributed by atoms with E-state index in [2.05, 4.69) is 6.92 Å². The van der Waals surface area contributed by atoms with E-state index in [-0.39, 0.29) is 6.61 Å². The SMILES string of the molecule is CCc1cccc(CCCSCCO)c1O. The third-order valence-corrected chi connectivity index (χ3v) is 3.60. The quantitative estimate of drug-likeness (QED) is 0.720. The molecule has 2 nitrogen and oxygen atoms in total. The topological polar surface area (TPSA) is 40.5 Å². The van der Waals surface area contributed by atoms with Crippen LogP contribution in [0.4, 0.5) is 0 Å². The molecule has 0 amide bonds. The fourth-order valence-electron chi connectivity index (χ4n) is 1.66. The highest BCUT2D eigenvalue weighted by Crippen LogP contribution is 2.24. The van der Waals surface area contributed by atoms with Gasteiger partial charge >= 0.3 is 0 Å². The zero-order valence-corrected chi connectivity index (χ0v) is 10.6. The molecular formula is C13H20O2S. The predicted octanol–water partition coefficient (Wildman–Crippen LogP) is 2.61. The largest absolute Gasteiger partial charge is 0.507 e. The smallest absolute Gasteiger partial charge is 0.121 e. The first-order valence-corrected chi connectivity index (χ1v) is 6.93. The number of rotatable bonds is 7. The first-order valence-electron chi connectivity index (χ1n) is 5.78. The Morgan fingerprint density at radius 2 is 1.94 bits per heavy atom. The van der Waals surface area contributed by atoms with Crippen LogP contribution in [0.1, 0.15) is 24.5 Å². The van der Waals surface area contributed by atoms with Crippen LogP contribution in [0.5, 0.6) is 5.75 Å². The molecule has 1 aromatic rings. The van der Waals surface area contributed by atoms with Crippen molar-refractivity contribution in [1.82, 2.24) is 0 Å². The fourth-order valence-corrected chi connectivity index (χ4v) is 2.34. The molecule has 1 aromatic carbocycles. The van der Waals surface area contributed by atoms with Gasteiger partial charge in [-0.15, -0.1) is 0 Å². The summed E-state index contributed by atoms with van der Waals surface area (Å²) in [5.41, 5.74) is 2.07. The van der Waals surface area contributed by atoms with Gasteiger partial charge in [0.25, 0.3) is 0 Å². The van der Waals surface area contributed by atoms with Gasteiger partial charge in [0.15, 0.2) is 0 Å². The van der Waals surface area contributed by atoms with Crippen LogP contribution in [-0.2, 0) is 12.8 Å². The van der Waals surface area contributed by atoms with Gasteiger partial charge in [0.1, 0.15) is 5.75 Å². The minimum atomic E-state index is 0.251. The van der Waals surface area contributed by atoms with E-state index < -0.39 is 0 Å². The molecule has 0 bridgehead atoms. The highest BCUT2D eigenvalue weighted by Gasteiger charge is 2.04. The van der Waals surface area contributed by atoms with Gasteiger partial charge in [-0.2, -0.15) is 11.8 Å². The molecule has 0 spiro atoms. The summed E-state index contributed by atoms with van der Waals surface area (Å²) in [6.45, 7) is 2.30. The first kappa shape index (κ1) is 13.4. The standard InChI is InChI=1S/C13H20O2S/c1-2-11-5-3-6-12(13(11)15)7-4-9-16-10-8-14/h3,5-6,14-15H,2,4,7-10H2,1H3. The molecule has 2 N–H and O–H groups in total. The summed E-state index contributed by atoms with van der Waals surface area (Å²) in [6, 6.07) is 5.97. The van der Waals surface area contributed by atoms with Gasteiger partial charge in [-0.05, 0) is 36.1 Å². The van der Waals surface area contributed by atoms with E-state index >= 15 is 0 Å². The van der Waals surface area contributed by atoms with Gasteiger partial charge in [0.05, 0.1) is 6.61 Å². The third-order valence-electron chi connectivity index (χ3n) is 2.55. The molecule has 0 atom stereocenters. The fraction of sp³-hybridized carbons (Fsp3) is 0.538. The third kappa shape index (κ3) is 4.06. The number of phenolic OH excluding ortho intramolecular Hbond substituents is 1. The normalized spacial score (nSPS) is 10.6. The Morgan fingerprint density at radius 1 is 1.19 bits per heavy atom. The molecule has 0 fully saturated rings. The van der Waals surface area contributed by atoms with Crippen LogP contribution >= 0.6 is 11.8 Å². The van der Waals surface area contributed by atoms with Gasteiger partial charge in [0.2, 0.25) is 0 Å². The van der Waals surface area contributed by atoms with Gasteiger partial charge in [-0.1, -0.05) is 25.1 Å². The number of hydrogen-bond donors (Lipinski definition) is 2. The maximum Gasteiger partial charge on any atom is 0.121 e. The van der Waals surface area contributed by atoms with E-state index in [1.165, 1.54) is 0 Å². The second-order valence-electron chi connectivity index (χ2n) is 3.72. The molecule has 0 heterocycles. The second-order valence-corrected chi connectivity index (χ2v) is 4.94. The van der Waals surface area contributed by atoms with E-state index in [1.807, 2.05) is 18.2 Å². The van der Waals surface area contributed by atoms with Crippen molar-refractivity contribution in [2.24, 2.45) is 0 Å². The van der Waals surface area contributed by atoms with Crippen molar-refractivity contribution in [3.63, 3.8) is 0 Å². The summed E-state index contributed by atoms with van der Waals surface area (Å²) >= 11 is 1.76. The van der Waals surface area contributed by atoms with Crippen LogP contribution in [0.3, 0.4) is 0 Å². The lowest BCUT2D eigenvalue weighted by molar-refractivity contribution is 0.322. The van der Waals surface area contributed by atoms with Gasteiger partial charge in [-0.25, -0.2) is 0 Å². The van der Waals surface area contributed by atoms with E-state index in [9.17, 15) is 5.11 Å². The minimum absolute atomic E-state index is 0.251. The molecule has 0 aliphatic carbocycles. The van der Waals surface area contributed by atoms with Crippen LogP contribution in [0.15, 0.2) is 18.2 Å². The second kappa shape index (κ2) is 7.58. The first-order chi connectivity index (χ1) is 7.79. The summed E-state index contributed by atoms with van der Waals surface area (Å²) in [6.07, 6.45) is 2.84. The molecule has 0 unspecified atom stereocenters. The molecular weight excluding hydrogens is 220 g/mol. The molecule has 90 valence electrons. The number of benzene rings is 1. The van der Waals surface area contributed by atoms with Crippen LogP contribution in [0.2, 0.25) is 0 Å². The molecule has 0 aliphatic rings. The van der Waals surface area contributed by atoms with Crippen LogP contribution < -0.4 is 0 Å². The number of aliphatic hydroxyl groups is 1. The van der Waals surface area contributed by atoms with E-state index in [1.54, 1.807) is 11.8 Å². The maximum absolute atomic E-state index is 9.94.